The Morgan fingerprint density at radius 3 is 2.31 bits per heavy atom. The molecule has 0 aliphatic heterocycles. The van der Waals surface area contributed by atoms with E-state index in [9.17, 15) is 22.0 Å². The van der Waals surface area contributed by atoms with Gasteiger partial charge in [-0.05, 0) is 49.4 Å². The molecule has 0 aliphatic carbocycles. The van der Waals surface area contributed by atoms with Crippen molar-refractivity contribution in [2.75, 3.05) is 23.3 Å². The van der Waals surface area contributed by atoms with E-state index in [1.165, 1.54) is 43.5 Å². The summed E-state index contributed by atoms with van der Waals surface area (Å²) in [5, 5.41) is 2.52. The second kappa shape index (κ2) is 9.54. The summed E-state index contributed by atoms with van der Waals surface area (Å²) in [5.74, 6) is -2.65. The Morgan fingerprint density at radius 1 is 1.03 bits per heavy atom. The van der Waals surface area contributed by atoms with Crippen LogP contribution in [-0.4, -0.2) is 28.0 Å². The quantitative estimate of drug-likeness (QED) is 0.528. The Hall–Kier alpha value is -3.17. The zero-order valence-electron chi connectivity index (χ0n) is 17.1. The molecule has 3 rings (SSSR count). The number of nitrogens with one attached hydrogen (secondary N) is 1. The van der Waals surface area contributed by atoms with Gasteiger partial charge in [-0.3, -0.25) is 9.10 Å². The first-order valence-corrected chi connectivity index (χ1v) is 11.1. The van der Waals surface area contributed by atoms with E-state index in [0.717, 1.165) is 22.0 Å². The van der Waals surface area contributed by atoms with Gasteiger partial charge in [-0.15, -0.1) is 0 Å². The van der Waals surface area contributed by atoms with E-state index in [0.29, 0.717) is 5.75 Å². The molecule has 32 heavy (non-hydrogen) atoms. The van der Waals surface area contributed by atoms with E-state index in [-0.39, 0.29) is 21.3 Å². The first kappa shape index (κ1) is 23.5. The molecule has 10 heteroatoms. The van der Waals surface area contributed by atoms with Gasteiger partial charge >= 0.3 is 0 Å². The number of methoxy groups -OCH3 is 1. The molecule has 0 bridgehead atoms. The molecule has 0 atom stereocenters. The van der Waals surface area contributed by atoms with E-state index in [2.05, 4.69) is 5.32 Å². The number of rotatable bonds is 7. The van der Waals surface area contributed by atoms with E-state index in [1.54, 1.807) is 12.1 Å². The number of carbonyl (C=O) groups excluding carboxylic acids is 1. The summed E-state index contributed by atoms with van der Waals surface area (Å²) < 4.78 is 59.3. The van der Waals surface area contributed by atoms with Gasteiger partial charge in [0.2, 0.25) is 5.91 Å². The molecule has 1 N–H and O–H groups in total. The van der Waals surface area contributed by atoms with Crippen molar-refractivity contribution in [2.24, 2.45) is 0 Å². The van der Waals surface area contributed by atoms with Gasteiger partial charge in [0.05, 0.1) is 22.7 Å². The van der Waals surface area contributed by atoms with E-state index in [4.69, 9.17) is 16.3 Å². The minimum absolute atomic E-state index is 0.0191. The molecule has 3 aromatic carbocycles. The molecule has 168 valence electrons. The number of anilines is 2. The van der Waals surface area contributed by atoms with Crippen molar-refractivity contribution in [1.82, 2.24) is 0 Å². The average molecular weight is 481 g/mol. The number of carbonyl (C=O) groups is 1. The molecule has 0 saturated carbocycles. The van der Waals surface area contributed by atoms with Crippen LogP contribution in [0.2, 0.25) is 5.02 Å². The van der Waals surface area contributed by atoms with Gasteiger partial charge in [0.1, 0.15) is 12.3 Å². The fourth-order valence-electron chi connectivity index (χ4n) is 2.87. The number of amides is 1. The highest BCUT2D eigenvalue weighted by atomic mass is 35.5. The summed E-state index contributed by atoms with van der Waals surface area (Å²) in [6, 6.07) is 13.2. The first-order chi connectivity index (χ1) is 15.1. The molecular formula is C22H19ClF2N2O4S. The molecule has 3 aromatic rings. The second-order valence-corrected chi connectivity index (χ2v) is 9.09. The van der Waals surface area contributed by atoms with Crippen LogP contribution in [0, 0.1) is 18.6 Å². The lowest BCUT2D eigenvalue weighted by Crippen LogP contribution is -2.38. The number of sulfonamides is 1. The Labute approximate surface area is 189 Å². The number of benzene rings is 3. The summed E-state index contributed by atoms with van der Waals surface area (Å²) >= 11 is 6.16. The molecule has 0 aliphatic rings. The Bertz CT molecular complexity index is 1250. The smallest absolute Gasteiger partial charge is 0.264 e. The first-order valence-electron chi connectivity index (χ1n) is 9.29. The van der Waals surface area contributed by atoms with Crippen LogP contribution < -0.4 is 14.4 Å². The van der Waals surface area contributed by atoms with Gasteiger partial charge in [0.15, 0.2) is 11.6 Å². The normalized spacial score (nSPS) is 11.2. The average Bonchev–Trinajstić information content (AvgIpc) is 2.75. The molecular weight excluding hydrogens is 462 g/mol. The Kier molecular flexibility index (Phi) is 7.00. The standard InChI is InChI=1S/C22H19ClF2N2O4S/c1-14-3-7-17(8-4-14)32(29,30)27(16-6-10-21(31-2)18(23)12-16)13-22(28)26-15-5-9-19(24)20(25)11-15/h3-12H,13H2,1-2H3,(H,26,28). The third-order valence-electron chi connectivity index (χ3n) is 4.52. The maximum absolute atomic E-state index is 13.5. The second-order valence-electron chi connectivity index (χ2n) is 6.82. The van der Waals surface area contributed by atoms with Crippen LogP contribution in [-0.2, 0) is 14.8 Å². The largest absolute Gasteiger partial charge is 0.495 e. The molecule has 0 aromatic heterocycles. The van der Waals surface area contributed by atoms with Crippen molar-refractivity contribution in [1.29, 1.82) is 0 Å². The van der Waals surface area contributed by atoms with Crippen LogP contribution >= 0.6 is 11.6 Å². The van der Waals surface area contributed by atoms with Crippen molar-refractivity contribution < 1.29 is 26.7 Å². The Morgan fingerprint density at radius 2 is 1.72 bits per heavy atom. The van der Waals surface area contributed by atoms with Crippen LogP contribution in [0.1, 0.15) is 5.56 Å². The van der Waals surface area contributed by atoms with Gasteiger partial charge in [-0.1, -0.05) is 29.3 Å². The van der Waals surface area contributed by atoms with Crippen molar-refractivity contribution in [2.45, 2.75) is 11.8 Å². The summed E-state index contributed by atoms with van der Waals surface area (Å²) in [6.45, 7) is 1.17. The van der Waals surface area contributed by atoms with Crippen molar-refractivity contribution in [3.05, 3.63) is 82.9 Å². The van der Waals surface area contributed by atoms with Crippen LogP contribution in [0.5, 0.6) is 5.75 Å². The predicted molar refractivity (Wildman–Crippen MR) is 119 cm³/mol. The molecule has 1 amide bonds. The maximum Gasteiger partial charge on any atom is 0.264 e. The Balaban J connectivity index is 1.98. The summed E-state index contributed by atoms with van der Waals surface area (Å²) in [5.41, 5.74) is 0.963. The zero-order chi connectivity index (χ0) is 23.5. The lowest BCUT2D eigenvalue weighted by Gasteiger charge is -2.24. The topological polar surface area (TPSA) is 75.7 Å². The predicted octanol–water partition coefficient (Wildman–Crippen LogP) is 4.77. The molecule has 0 unspecified atom stereocenters. The molecule has 0 radical (unpaired) electrons. The highest BCUT2D eigenvalue weighted by molar-refractivity contribution is 7.92. The molecule has 0 spiro atoms. The zero-order valence-corrected chi connectivity index (χ0v) is 18.7. The number of halogens is 3. The number of hydrogen-bond acceptors (Lipinski definition) is 4. The van der Waals surface area contributed by atoms with Crippen LogP contribution in [0.4, 0.5) is 20.2 Å². The van der Waals surface area contributed by atoms with Gasteiger partial charge < -0.3 is 10.1 Å². The van der Waals surface area contributed by atoms with Crippen LogP contribution in [0.25, 0.3) is 0 Å². The van der Waals surface area contributed by atoms with E-state index >= 15 is 0 Å². The van der Waals surface area contributed by atoms with Gasteiger partial charge in [0.25, 0.3) is 10.0 Å². The summed E-state index contributed by atoms with van der Waals surface area (Å²) in [4.78, 5) is 12.6. The SMILES string of the molecule is COc1ccc(N(CC(=O)Nc2ccc(F)c(F)c2)S(=O)(=O)c2ccc(C)cc2)cc1Cl. The number of hydrogen-bond donors (Lipinski definition) is 1. The fourth-order valence-corrected chi connectivity index (χ4v) is 4.53. The number of ether oxygens (including phenoxy) is 1. The van der Waals surface area contributed by atoms with Crippen LogP contribution in [0.15, 0.2) is 65.6 Å². The highest BCUT2D eigenvalue weighted by Gasteiger charge is 2.28. The number of nitrogens with zero attached hydrogens (tertiary/aromatic N) is 1. The highest BCUT2D eigenvalue weighted by Crippen LogP contribution is 2.32. The lowest BCUT2D eigenvalue weighted by molar-refractivity contribution is -0.114. The lowest BCUT2D eigenvalue weighted by atomic mass is 10.2. The molecule has 0 fully saturated rings. The fraction of sp³-hybridized carbons (Fsp3) is 0.136. The van der Waals surface area contributed by atoms with Crippen molar-refractivity contribution in [3.63, 3.8) is 0 Å². The van der Waals surface area contributed by atoms with Crippen molar-refractivity contribution in [3.8, 4) is 5.75 Å². The third-order valence-corrected chi connectivity index (χ3v) is 6.61. The molecule has 6 nitrogen and oxygen atoms in total. The third kappa shape index (κ3) is 5.17. The van der Waals surface area contributed by atoms with Gasteiger partial charge in [0, 0.05) is 11.8 Å². The van der Waals surface area contributed by atoms with Crippen LogP contribution in [0.3, 0.4) is 0 Å². The summed E-state index contributed by atoms with van der Waals surface area (Å²) in [6.07, 6.45) is 0. The minimum Gasteiger partial charge on any atom is -0.495 e. The minimum atomic E-state index is -4.17. The maximum atomic E-state index is 13.5. The van der Waals surface area contributed by atoms with Gasteiger partial charge in [-0.2, -0.15) is 0 Å². The van der Waals surface area contributed by atoms with Crippen molar-refractivity contribution >= 4 is 38.9 Å². The van der Waals surface area contributed by atoms with Gasteiger partial charge in [-0.25, -0.2) is 17.2 Å². The van der Waals surface area contributed by atoms with E-state index < -0.39 is 34.1 Å². The summed E-state index contributed by atoms with van der Waals surface area (Å²) in [7, 11) is -2.76. The number of aryl methyl sites for hydroxylation is 1. The van der Waals surface area contributed by atoms with E-state index in [1.807, 2.05) is 6.92 Å². The molecule has 0 heterocycles. The monoisotopic (exact) mass is 480 g/mol. The molecule has 0 saturated heterocycles.